The quantitative estimate of drug-likeness (QED) is 0.176. The van der Waals surface area contributed by atoms with E-state index in [-0.39, 0.29) is 19.1 Å². The zero-order valence-electron chi connectivity index (χ0n) is 20.3. The highest BCUT2D eigenvalue weighted by atomic mass is 79.9. The summed E-state index contributed by atoms with van der Waals surface area (Å²) in [6.07, 6.45) is 0. The van der Waals surface area contributed by atoms with E-state index in [0.29, 0.717) is 69.8 Å². The topological polar surface area (TPSA) is 127 Å². The van der Waals surface area contributed by atoms with E-state index in [1.807, 2.05) is 42.5 Å². The SMILES string of the molecule is OCCOCCOCCOCCOCCO/N=C1/C(c2c(O)[nH]c3cc(Br)ccc23)=Nc2ccccc21. The molecular weight excluding hydrogens is 546 g/mol. The Morgan fingerprint density at radius 3 is 2.19 bits per heavy atom. The molecule has 4 rings (SSSR count). The molecule has 3 N–H and O–H groups in total. The van der Waals surface area contributed by atoms with Crippen LogP contribution in [-0.4, -0.2) is 92.7 Å². The maximum Gasteiger partial charge on any atom is 0.199 e. The summed E-state index contributed by atoms with van der Waals surface area (Å²) < 4.78 is 22.3. The Hall–Kier alpha value is -2.80. The number of oxime groups is 1. The highest BCUT2D eigenvalue weighted by molar-refractivity contribution is 9.10. The molecule has 0 saturated heterocycles. The van der Waals surface area contributed by atoms with E-state index in [1.165, 1.54) is 0 Å². The molecule has 0 atom stereocenters. The molecule has 2 heterocycles. The third-order valence-corrected chi connectivity index (χ3v) is 5.91. The smallest absolute Gasteiger partial charge is 0.199 e. The fraction of sp³-hybridized carbons (Fsp3) is 0.385. The van der Waals surface area contributed by atoms with Gasteiger partial charge in [0, 0.05) is 15.4 Å². The lowest BCUT2D eigenvalue weighted by atomic mass is 10.0. The standard InChI is InChI=1S/C26H30BrN3O7/c27-18-5-6-19-22(17-18)29-26(32)23(19)25-24(20-3-1-2-4-21(20)28-25)30-37-16-15-36-14-13-35-12-11-34-10-9-33-8-7-31/h1-6,17,29,31-32H,7-16H2/b30-24+. The Labute approximate surface area is 223 Å². The first-order valence-electron chi connectivity index (χ1n) is 12.0. The summed E-state index contributed by atoms with van der Waals surface area (Å²) in [6.45, 7) is 3.65. The van der Waals surface area contributed by atoms with Gasteiger partial charge in [0.15, 0.2) is 5.88 Å². The second-order valence-corrected chi connectivity index (χ2v) is 8.88. The summed E-state index contributed by atoms with van der Waals surface area (Å²) >= 11 is 3.46. The van der Waals surface area contributed by atoms with Crippen LogP contribution in [-0.2, 0) is 23.8 Å². The first kappa shape index (κ1) is 27.2. The number of aliphatic imine (C=N–C) groups is 1. The Morgan fingerprint density at radius 1 is 0.838 bits per heavy atom. The summed E-state index contributed by atoms with van der Waals surface area (Å²) in [6, 6.07) is 13.4. The van der Waals surface area contributed by atoms with Crippen LogP contribution in [0.4, 0.5) is 5.69 Å². The van der Waals surface area contributed by atoms with Crippen LogP contribution in [0.3, 0.4) is 0 Å². The number of aliphatic hydroxyl groups excluding tert-OH is 1. The predicted octanol–water partition coefficient (Wildman–Crippen LogP) is 3.55. The summed E-state index contributed by atoms with van der Waals surface area (Å²) in [7, 11) is 0. The number of para-hydroxylation sites is 1. The van der Waals surface area contributed by atoms with Crippen LogP contribution in [0, 0.1) is 0 Å². The van der Waals surface area contributed by atoms with Crippen molar-refractivity contribution in [3.05, 3.63) is 58.1 Å². The second-order valence-electron chi connectivity index (χ2n) is 7.96. The number of aromatic hydroxyl groups is 1. The summed E-state index contributed by atoms with van der Waals surface area (Å²) in [4.78, 5) is 13.3. The van der Waals surface area contributed by atoms with Gasteiger partial charge < -0.3 is 39.0 Å². The van der Waals surface area contributed by atoms with E-state index in [2.05, 4.69) is 26.1 Å². The maximum absolute atomic E-state index is 10.7. The molecule has 1 aliphatic rings. The molecule has 0 unspecified atom stereocenters. The Kier molecular flexibility index (Phi) is 10.5. The van der Waals surface area contributed by atoms with E-state index >= 15 is 0 Å². The molecule has 10 nitrogen and oxygen atoms in total. The molecular formula is C26H30BrN3O7. The predicted molar refractivity (Wildman–Crippen MR) is 143 cm³/mol. The highest BCUT2D eigenvalue weighted by Gasteiger charge is 2.29. The molecule has 0 fully saturated rings. The van der Waals surface area contributed by atoms with Crippen LogP contribution in [0.5, 0.6) is 5.88 Å². The third-order valence-electron chi connectivity index (χ3n) is 5.42. The van der Waals surface area contributed by atoms with Crippen LogP contribution in [0.25, 0.3) is 10.9 Å². The average molecular weight is 576 g/mol. The van der Waals surface area contributed by atoms with Gasteiger partial charge in [-0.1, -0.05) is 45.4 Å². The number of aromatic amines is 1. The normalized spacial score (nSPS) is 13.9. The number of aromatic nitrogens is 1. The van der Waals surface area contributed by atoms with Gasteiger partial charge in [0.2, 0.25) is 0 Å². The molecule has 3 aromatic rings. The average Bonchev–Trinajstić information content (AvgIpc) is 3.42. The van der Waals surface area contributed by atoms with Gasteiger partial charge in [0.25, 0.3) is 0 Å². The van der Waals surface area contributed by atoms with Crippen molar-refractivity contribution < 1.29 is 34.0 Å². The molecule has 0 spiro atoms. The van der Waals surface area contributed by atoms with Gasteiger partial charge in [-0.3, -0.25) is 0 Å². The third kappa shape index (κ3) is 7.37. The molecule has 198 valence electrons. The van der Waals surface area contributed by atoms with E-state index in [1.54, 1.807) is 0 Å². The van der Waals surface area contributed by atoms with E-state index in [4.69, 9.17) is 33.9 Å². The number of H-pyrrole nitrogens is 1. The number of aliphatic hydroxyl groups is 1. The minimum absolute atomic E-state index is 0.0128. The lowest BCUT2D eigenvalue weighted by Gasteiger charge is -2.07. The van der Waals surface area contributed by atoms with Crippen molar-refractivity contribution in [3.63, 3.8) is 0 Å². The summed E-state index contributed by atoms with van der Waals surface area (Å²) in [5, 5.41) is 24.5. The maximum atomic E-state index is 10.7. The zero-order valence-corrected chi connectivity index (χ0v) is 21.9. The number of benzene rings is 2. The molecule has 11 heteroatoms. The van der Waals surface area contributed by atoms with E-state index in [9.17, 15) is 5.11 Å². The number of hydrogen-bond acceptors (Lipinski definition) is 9. The minimum atomic E-state index is 0.0128. The highest BCUT2D eigenvalue weighted by Crippen LogP contribution is 2.36. The van der Waals surface area contributed by atoms with Crippen molar-refractivity contribution in [2.45, 2.75) is 0 Å². The first-order chi connectivity index (χ1) is 18.2. The largest absolute Gasteiger partial charge is 0.494 e. The zero-order chi connectivity index (χ0) is 25.9. The summed E-state index contributed by atoms with van der Waals surface area (Å²) in [5.74, 6) is 0.0242. The first-order valence-corrected chi connectivity index (χ1v) is 12.8. The van der Waals surface area contributed by atoms with Gasteiger partial charge in [0.1, 0.15) is 18.0 Å². The molecule has 37 heavy (non-hydrogen) atoms. The van der Waals surface area contributed by atoms with Crippen LogP contribution in [0.1, 0.15) is 11.1 Å². The van der Waals surface area contributed by atoms with Crippen molar-refractivity contribution in [2.75, 3.05) is 66.1 Å². The fourth-order valence-electron chi connectivity index (χ4n) is 3.77. The minimum Gasteiger partial charge on any atom is -0.494 e. The molecule has 0 saturated carbocycles. The number of fused-ring (bicyclic) bond motifs is 2. The monoisotopic (exact) mass is 575 g/mol. The van der Waals surface area contributed by atoms with Gasteiger partial charge in [0.05, 0.1) is 76.2 Å². The van der Waals surface area contributed by atoms with Crippen LogP contribution >= 0.6 is 15.9 Å². The van der Waals surface area contributed by atoms with Crippen molar-refractivity contribution in [3.8, 4) is 5.88 Å². The second kappa shape index (κ2) is 14.2. The summed E-state index contributed by atoms with van der Waals surface area (Å²) in [5.41, 5.74) is 4.07. The lowest BCUT2D eigenvalue weighted by molar-refractivity contribution is -0.0129. The number of halogens is 1. The Morgan fingerprint density at radius 2 is 1.49 bits per heavy atom. The molecule has 0 radical (unpaired) electrons. The van der Waals surface area contributed by atoms with Crippen molar-refractivity contribution >= 4 is 43.9 Å². The van der Waals surface area contributed by atoms with Crippen molar-refractivity contribution in [2.24, 2.45) is 10.1 Å². The van der Waals surface area contributed by atoms with Gasteiger partial charge in [-0.2, -0.15) is 0 Å². The molecule has 0 aliphatic carbocycles. The Bertz CT molecular complexity index is 1230. The van der Waals surface area contributed by atoms with E-state index < -0.39 is 0 Å². The van der Waals surface area contributed by atoms with Gasteiger partial charge in [-0.15, -0.1) is 0 Å². The van der Waals surface area contributed by atoms with Crippen LogP contribution in [0.2, 0.25) is 0 Å². The molecule has 1 aliphatic heterocycles. The van der Waals surface area contributed by atoms with Crippen molar-refractivity contribution in [1.29, 1.82) is 0 Å². The number of ether oxygens (including phenoxy) is 4. The molecule has 0 bridgehead atoms. The van der Waals surface area contributed by atoms with Crippen LogP contribution < -0.4 is 0 Å². The molecule has 2 aromatic carbocycles. The molecule has 0 amide bonds. The van der Waals surface area contributed by atoms with E-state index in [0.717, 1.165) is 26.6 Å². The van der Waals surface area contributed by atoms with Gasteiger partial charge in [-0.05, 0) is 18.2 Å². The number of hydrogen-bond donors (Lipinski definition) is 3. The molecule has 1 aromatic heterocycles. The lowest BCUT2D eigenvalue weighted by Crippen LogP contribution is -2.15. The number of nitrogens with one attached hydrogen (secondary N) is 1. The van der Waals surface area contributed by atoms with Gasteiger partial charge >= 0.3 is 0 Å². The Balaban J connectivity index is 1.24. The van der Waals surface area contributed by atoms with Crippen LogP contribution in [0.15, 0.2) is 57.1 Å². The number of nitrogens with zero attached hydrogens (tertiary/aromatic N) is 2. The fourth-order valence-corrected chi connectivity index (χ4v) is 4.13. The number of rotatable bonds is 16. The van der Waals surface area contributed by atoms with Gasteiger partial charge in [-0.25, -0.2) is 4.99 Å². The van der Waals surface area contributed by atoms with Crippen molar-refractivity contribution in [1.82, 2.24) is 4.98 Å².